The molecule has 0 fully saturated rings. The number of nitrogens with zero attached hydrogens (tertiary/aromatic N) is 3. The van der Waals surface area contributed by atoms with Crippen LogP contribution >= 0.6 is 0 Å². The Bertz CT molecular complexity index is 959. The molecular formula is C21H24N4O2. The number of amides is 2. The van der Waals surface area contributed by atoms with E-state index >= 15 is 0 Å². The minimum absolute atomic E-state index is 0.0373. The van der Waals surface area contributed by atoms with Crippen LogP contribution in [0.25, 0.3) is 11.0 Å². The van der Waals surface area contributed by atoms with Crippen LogP contribution in [0, 0.1) is 0 Å². The molecule has 0 unspecified atom stereocenters. The fourth-order valence-electron chi connectivity index (χ4n) is 3.08. The Morgan fingerprint density at radius 2 is 1.85 bits per heavy atom. The van der Waals surface area contributed by atoms with Crippen molar-refractivity contribution in [1.29, 1.82) is 0 Å². The molecule has 0 aliphatic heterocycles. The number of fused-ring (bicyclic) bond motifs is 1. The zero-order valence-corrected chi connectivity index (χ0v) is 15.8. The second-order valence-electron chi connectivity index (χ2n) is 6.36. The van der Waals surface area contributed by atoms with Crippen molar-refractivity contribution >= 4 is 28.5 Å². The number of para-hydroxylation sites is 2. The van der Waals surface area contributed by atoms with Crippen molar-refractivity contribution in [3.8, 4) is 0 Å². The van der Waals surface area contributed by atoms with Gasteiger partial charge in [0, 0.05) is 24.3 Å². The van der Waals surface area contributed by atoms with Gasteiger partial charge in [-0.05, 0) is 51.1 Å². The minimum Gasteiger partial charge on any atom is -0.339 e. The number of anilines is 1. The summed E-state index contributed by atoms with van der Waals surface area (Å²) in [5.41, 5.74) is 2.93. The van der Waals surface area contributed by atoms with E-state index in [2.05, 4.69) is 10.3 Å². The van der Waals surface area contributed by atoms with E-state index in [9.17, 15) is 9.59 Å². The molecule has 0 radical (unpaired) electrons. The van der Waals surface area contributed by atoms with E-state index in [4.69, 9.17) is 0 Å². The Kier molecular flexibility index (Phi) is 5.54. The van der Waals surface area contributed by atoms with Crippen LogP contribution in [-0.2, 0) is 4.79 Å². The van der Waals surface area contributed by atoms with E-state index < -0.39 is 6.04 Å². The number of hydrogen-bond acceptors (Lipinski definition) is 3. The second kappa shape index (κ2) is 8.03. The SMILES string of the molecule is CCN(CC)C(=O)c1cccc(NC(=O)[C@@H](C)n2cnc3ccccc32)c1. The minimum atomic E-state index is -0.431. The molecule has 1 N–H and O–H groups in total. The van der Waals surface area contributed by atoms with E-state index in [0.717, 1.165) is 11.0 Å². The Hall–Kier alpha value is -3.15. The molecule has 0 spiro atoms. The van der Waals surface area contributed by atoms with E-state index in [0.29, 0.717) is 24.3 Å². The number of imidazole rings is 1. The molecule has 140 valence electrons. The third-order valence-corrected chi connectivity index (χ3v) is 4.71. The van der Waals surface area contributed by atoms with E-state index in [-0.39, 0.29) is 11.8 Å². The lowest BCUT2D eigenvalue weighted by molar-refractivity contribution is -0.118. The first-order chi connectivity index (χ1) is 13.0. The number of rotatable bonds is 6. The second-order valence-corrected chi connectivity index (χ2v) is 6.36. The van der Waals surface area contributed by atoms with Crippen LogP contribution in [-0.4, -0.2) is 39.4 Å². The van der Waals surface area contributed by atoms with Crippen molar-refractivity contribution in [1.82, 2.24) is 14.5 Å². The zero-order chi connectivity index (χ0) is 19.4. The topological polar surface area (TPSA) is 67.2 Å². The lowest BCUT2D eigenvalue weighted by Gasteiger charge is -2.19. The third-order valence-electron chi connectivity index (χ3n) is 4.71. The molecule has 27 heavy (non-hydrogen) atoms. The van der Waals surface area contributed by atoms with Crippen LogP contribution in [0.1, 0.15) is 37.2 Å². The summed E-state index contributed by atoms with van der Waals surface area (Å²) in [5, 5.41) is 2.91. The van der Waals surface area contributed by atoms with Crippen molar-refractivity contribution in [2.45, 2.75) is 26.8 Å². The normalized spacial score (nSPS) is 12.0. The molecule has 3 aromatic rings. The van der Waals surface area contributed by atoms with Gasteiger partial charge in [0.1, 0.15) is 6.04 Å². The average Bonchev–Trinajstić information content (AvgIpc) is 3.12. The van der Waals surface area contributed by atoms with Crippen LogP contribution in [0.5, 0.6) is 0 Å². The zero-order valence-electron chi connectivity index (χ0n) is 15.8. The average molecular weight is 364 g/mol. The fourth-order valence-corrected chi connectivity index (χ4v) is 3.08. The summed E-state index contributed by atoms with van der Waals surface area (Å²) in [6.07, 6.45) is 1.68. The number of benzene rings is 2. The van der Waals surface area contributed by atoms with Gasteiger partial charge in [-0.15, -0.1) is 0 Å². The maximum absolute atomic E-state index is 12.7. The monoisotopic (exact) mass is 364 g/mol. The van der Waals surface area contributed by atoms with E-state index in [1.165, 1.54) is 0 Å². The molecule has 1 aromatic heterocycles. The highest BCUT2D eigenvalue weighted by atomic mass is 16.2. The maximum Gasteiger partial charge on any atom is 0.253 e. The first-order valence-electron chi connectivity index (χ1n) is 9.17. The molecule has 3 rings (SSSR count). The Labute approximate surface area is 158 Å². The molecule has 2 aromatic carbocycles. The lowest BCUT2D eigenvalue weighted by Crippen LogP contribution is -2.30. The highest BCUT2D eigenvalue weighted by Gasteiger charge is 2.18. The first-order valence-corrected chi connectivity index (χ1v) is 9.17. The molecule has 0 aliphatic carbocycles. The largest absolute Gasteiger partial charge is 0.339 e. The number of aromatic nitrogens is 2. The summed E-state index contributed by atoms with van der Waals surface area (Å²) in [6.45, 7) is 7.02. The standard InChI is InChI=1S/C21H24N4O2/c1-4-24(5-2)21(27)16-9-8-10-17(13-16)23-20(26)15(3)25-14-22-18-11-6-7-12-19(18)25/h6-15H,4-5H2,1-3H3,(H,23,26)/t15-/m1/s1. The molecule has 0 bridgehead atoms. The molecule has 2 amide bonds. The number of nitrogens with one attached hydrogen (secondary N) is 1. The van der Waals surface area contributed by atoms with Crippen molar-refractivity contribution in [3.05, 3.63) is 60.4 Å². The van der Waals surface area contributed by atoms with Gasteiger partial charge in [-0.3, -0.25) is 9.59 Å². The van der Waals surface area contributed by atoms with Gasteiger partial charge in [-0.1, -0.05) is 18.2 Å². The summed E-state index contributed by atoms with van der Waals surface area (Å²) >= 11 is 0. The Morgan fingerprint density at radius 3 is 2.59 bits per heavy atom. The molecule has 6 nitrogen and oxygen atoms in total. The maximum atomic E-state index is 12.7. The lowest BCUT2D eigenvalue weighted by atomic mass is 10.1. The van der Waals surface area contributed by atoms with Crippen molar-refractivity contribution in [2.75, 3.05) is 18.4 Å². The summed E-state index contributed by atoms with van der Waals surface area (Å²) in [7, 11) is 0. The van der Waals surface area contributed by atoms with Crippen LogP contribution in [0.15, 0.2) is 54.9 Å². The summed E-state index contributed by atoms with van der Waals surface area (Å²) in [6, 6.07) is 14.3. The molecule has 0 saturated heterocycles. The van der Waals surface area contributed by atoms with Gasteiger partial charge in [0.2, 0.25) is 5.91 Å². The molecule has 1 atom stereocenters. The molecule has 1 heterocycles. The smallest absolute Gasteiger partial charge is 0.253 e. The Morgan fingerprint density at radius 1 is 1.11 bits per heavy atom. The highest BCUT2D eigenvalue weighted by Crippen LogP contribution is 2.20. The number of carbonyl (C=O) groups is 2. The first kappa shape index (κ1) is 18.6. The number of hydrogen-bond donors (Lipinski definition) is 1. The van der Waals surface area contributed by atoms with Crippen LogP contribution < -0.4 is 5.32 Å². The van der Waals surface area contributed by atoms with Gasteiger partial charge in [-0.25, -0.2) is 4.98 Å². The quantitative estimate of drug-likeness (QED) is 0.725. The van der Waals surface area contributed by atoms with Crippen LogP contribution in [0.4, 0.5) is 5.69 Å². The molecular weight excluding hydrogens is 340 g/mol. The summed E-state index contributed by atoms with van der Waals surface area (Å²) < 4.78 is 1.84. The molecule has 0 saturated carbocycles. The van der Waals surface area contributed by atoms with E-state index in [1.807, 2.05) is 49.6 Å². The molecule has 0 aliphatic rings. The van der Waals surface area contributed by atoms with Gasteiger partial charge in [0.15, 0.2) is 0 Å². The van der Waals surface area contributed by atoms with E-state index in [1.54, 1.807) is 35.5 Å². The third kappa shape index (κ3) is 3.84. The van der Waals surface area contributed by atoms with Gasteiger partial charge in [-0.2, -0.15) is 0 Å². The fraction of sp³-hybridized carbons (Fsp3) is 0.286. The van der Waals surface area contributed by atoms with Gasteiger partial charge < -0.3 is 14.8 Å². The van der Waals surface area contributed by atoms with Gasteiger partial charge in [0.25, 0.3) is 5.91 Å². The van der Waals surface area contributed by atoms with Gasteiger partial charge >= 0.3 is 0 Å². The predicted octanol–water partition coefficient (Wildman–Crippen LogP) is 3.72. The highest BCUT2D eigenvalue weighted by molar-refractivity contribution is 5.98. The van der Waals surface area contributed by atoms with Crippen molar-refractivity contribution in [3.63, 3.8) is 0 Å². The van der Waals surface area contributed by atoms with Crippen LogP contribution in [0.3, 0.4) is 0 Å². The van der Waals surface area contributed by atoms with Gasteiger partial charge in [0.05, 0.1) is 17.4 Å². The van der Waals surface area contributed by atoms with Crippen molar-refractivity contribution in [2.24, 2.45) is 0 Å². The van der Waals surface area contributed by atoms with Crippen LogP contribution in [0.2, 0.25) is 0 Å². The molecule has 6 heteroatoms. The Balaban J connectivity index is 1.78. The predicted molar refractivity (Wildman–Crippen MR) is 107 cm³/mol. The van der Waals surface area contributed by atoms with Crippen molar-refractivity contribution < 1.29 is 9.59 Å². The summed E-state index contributed by atoms with van der Waals surface area (Å²) in [4.78, 5) is 31.3. The summed E-state index contributed by atoms with van der Waals surface area (Å²) in [5.74, 6) is -0.199. The number of carbonyl (C=O) groups excluding carboxylic acids is 2.